The minimum Gasteiger partial charge on any atom is -0.293 e. The van der Waals surface area contributed by atoms with Crippen LogP contribution in [0.3, 0.4) is 0 Å². The summed E-state index contributed by atoms with van der Waals surface area (Å²) in [6.07, 6.45) is 0. The highest BCUT2D eigenvalue weighted by Gasteiger charge is 2.28. The van der Waals surface area contributed by atoms with E-state index < -0.39 is 15.5 Å². The van der Waals surface area contributed by atoms with E-state index >= 15 is 0 Å². The summed E-state index contributed by atoms with van der Waals surface area (Å²) in [5, 5.41) is 5.50. The van der Waals surface area contributed by atoms with E-state index in [1.54, 1.807) is 52.0 Å². The van der Waals surface area contributed by atoms with Crippen LogP contribution in [0.5, 0.6) is 0 Å². The molecule has 0 spiro atoms. The Morgan fingerprint density at radius 3 is 1.25 bits per heavy atom. The van der Waals surface area contributed by atoms with Crippen molar-refractivity contribution in [1.82, 2.24) is 0 Å². The number of para-hydroxylation sites is 2. The van der Waals surface area contributed by atoms with Crippen LogP contribution in [0, 0.1) is 0 Å². The fourth-order valence-electron chi connectivity index (χ4n) is 1.86. The summed E-state index contributed by atoms with van der Waals surface area (Å²) >= 11 is 0. The van der Waals surface area contributed by atoms with E-state index in [0.29, 0.717) is 11.4 Å². The molecule has 0 aromatic heterocycles. The first-order valence-corrected chi connectivity index (χ1v) is 10.9. The number of nitrogens with one attached hydrogen (secondary N) is 2. The second-order valence-corrected chi connectivity index (χ2v) is 7.91. The molecule has 10 heteroatoms. The largest absolute Gasteiger partial charge is 0.432 e. The third kappa shape index (κ3) is 6.55. The summed E-state index contributed by atoms with van der Waals surface area (Å²) in [7, 11) is -7.05. The normalized spacial score (nSPS) is 12.2. The highest BCUT2D eigenvalue weighted by molar-refractivity contribution is 7.56. The van der Waals surface area contributed by atoms with E-state index in [9.17, 15) is 9.13 Å². The average molecular weight is 380 g/mol. The van der Waals surface area contributed by atoms with Crippen molar-refractivity contribution in [1.29, 1.82) is 0 Å². The zero-order valence-electron chi connectivity index (χ0n) is 14.5. The third-order valence-corrected chi connectivity index (χ3v) is 6.06. The van der Waals surface area contributed by atoms with Gasteiger partial charge in [-0.15, -0.1) is 0 Å². The van der Waals surface area contributed by atoms with Crippen LogP contribution in [0.25, 0.3) is 0 Å². The van der Waals surface area contributed by atoms with Gasteiger partial charge in [0.15, 0.2) is 0 Å². The van der Waals surface area contributed by atoms with Gasteiger partial charge >= 0.3 is 15.5 Å². The molecular weight excluding hydrogens is 354 g/mol. The summed E-state index contributed by atoms with van der Waals surface area (Å²) in [5.74, 6) is 0. The van der Waals surface area contributed by atoms with Crippen molar-refractivity contribution in [2.45, 2.75) is 27.7 Å². The molecule has 138 valence electrons. The van der Waals surface area contributed by atoms with Crippen LogP contribution in [-0.4, -0.2) is 26.4 Å². The summed E-state index contributed by atoms with van der Waals surface area (Å²) in [6, 6.07) is 6.80. The highest BCUT2D eigenvalue weighted by Crippen LogP contribution is 2.52. The van der Waals surface area contributed by atoms with Gasteiger partial charge in [-0.05, 0) is 39.8 Å². The number of rotatable bonds is 12. The van der Waals surface area contributed by atoms with Crippen molar-refractivity contribution in [2.75, 3.05) is 36.6 Å². The maximum atomic E-state index is 12.6. The number of hydrogen-bond donors (Lipinski definition) is 2. The monoisotopic (exact) mass is 380 g/mol. The summed E-state index contributed by atoms with van der Waals surface area (Å²) in [6.45, 7) is 7.75. The molecule has 0 bridgehead atoms. The molecule has 1 rings (SSSR count). The van der Waals surface area contributed by atoms with Gasteiger partial charge in [0.1, 0.15) is 0 Å². The van der Waals surface area contributed by atoms with Gasteiger partial charge in [-0.25, -0.2) is 9.13 Å². The maximum absolute atomic E-state index is 12.6. The van der Waals surface area contributed by atoms with Crippen LogP contribution < -0.4 is 10.2 Å². The Kier molecular flexibility index (Phi) is 8.98. The predicted octanol–water partition coefficient (Wildman–Crippen LogP) is 4.87. The third-order valence-electron chi connectivity index (χ3n) is 2.64. The molecule has 0 aliphatic carbocycles. The molecule has 0 amide bonds. The van der Waals surface area contributed by atoms with E-state index in [-0.39, 0.29) is 26.4 Å². The summed E-state index contributed by atoms with van der Waals surface area (Å²) in [4.78, 5) is 0. The first-order valence-electron chi connectivity index (χ1n) is 7.85. The molecule has 1 aromatic carbocycles. The summed E-state index contributed by atoms with van der Waals surface area (Å²) in [5.41, 5.74) is 0.810. The molecule has 0 atom stereocenters. The van der Waals surface area contributed by atoms with Gasteiger partial charge in [0, 0.05) is 0 Å². The fourth-order valence-corrected chi connectivity index (χ4v) is 4.60. The van der Waals surface area contributed by atoms with E-state index in [0.717, 1.165) is 0 Å². The van der Waals surface area contributed by atoms with Gasteiger partial charge in [0.05, 0.1) is 37.8 Å². The van der Waals surface area contributed by atoms with Gasteiger partial charge < -0.3 is 0 Å². The zero-order valence-corrected chi connectivity index (χ0v) is 16.3. The Morgan fingerprint density at radius 2 is 1.00 bits per heavy atom. The van der Waals surface area contributed by atoms with Crippen molar-refractivity contribution >= 4 is 26.9 Å². The van der Waals surface area contributed by atoms with Gasteiger partial charge in [-0.3, -0.25) is 28.3 Å². The number of anilines is 2. The molecule has 0 radical (unpaired) electrons. The Morgan fingerprint density at radius 1 is 0.708 bits per heavy atom. The van der Waals surface area contributed by atoms with E-state index in [1.807, 2.05) is 0 Å². The van der Waals surface area contributed by atoms with Crippen molar-refractivity contribution in [2.24, 2.45) is 0 Å². The molecule has 0 fully saturated rings. The van der Waals surface area contributed by atoms with Gasteiger partial charge in [0.25, 0.3) is 0 Å². The van der Waals surface area contributed by atoms with Gasteiger partial charge in [0.2, 0.25) is 0 Å². The lowest BCUT2D eigenvalue weighted by Crippen LogP contribution is -2.09. The van der Waals surface area contributed by atoms with Crippen LogP contribution >= 0.6 is 15.5 Å². The lowest BCUT2D eigenvalue weighted by Gasteiger charge is -2.23. The highest BCUT2D eigenvalue weighted by atomic mass is 31.2. The van der Waals surface area contributed by atoms with Crippen molar-refractivity contribution < 1.29 is 27.2 Å². The Hall–Kier alpha value is -0.880. The fraction of sp³-hybridized carbons (Fsp3) is 0.571. The minimum absolute atomic E-state index is 0.219. The smallest absolute Gasteiger partial charge is 0.293 e. The lowest BCUT2D eigenvalue weighted by atomic mass is 10.3. The second kappa shape index (κ2) is 10.2. The predicted molar refractivity (Wildman–Crippen MR) is 95.4 cm³/mol. The maximum Gasteiger partial charge on any atom is 0.432 e. The molecule has 24 heavy (non-hydrogen) atoms. The Labute approximate surface area is 143 Å². The van der Waals surface area contributed by atoms with Crippen LogP contribution in [0.2, 0.25) is 0 Å². The lowest BCUT2D eigenvalue weighted by molar-refractivity contribution is 0.223. The molecule has 2 N–H and O–H groups in total. The first-order chi connectivity index (χ1) is 11.4. The zero-order chi connectivity index (χ0) is 18.1. The molecule has 0 saturated heterocycles. The molecule has 0 heterocycles. The van der Waals surface area contributed by atoms with Crippen LogP contribution in [0.4, 0.5) is 11.4 Å². The van der Waals surface area contributed by atoms with Crippen molar-refractivity contribution in [3.05, 3.63) is 24.3 Å². The standard InChI is InChI=1S/C14H26N2O6P2/c1-5-19-23(17,20-6-2)15-13-11-9-10-12-14(13)16-24(18,21-7-3)22-8-4/h9-12H,5-8H2,1-4H3,(H,15,17)(H,16,18). The van der Waals surface area contributed by atoms with E-state index in [2.05, 4.69) is 10.2 Å². The molecule has 8 nitrogen and oxygen atoms in total. The van der Waals surface area contributed by atoms with Crippen molar-refractivity contribution in [3.63, 3.8) is 0 Å². The first kappa shape index (κ1) is 21.2. The van der Waals surface area contributed by atoms with Crippen LogP contribution in [0.15, 0.2) is 24.3 Å². The second-order valence-electron chi connectivity index (χ2n) is 4.44. The summed E-state index contributed by atoms with van der Waals surface area (Å²) < 4.78 is 46.1. The van der Waals surface area contributed by atoms with Gasteiger partial charge in [-0.1, -0.05) is 12.1 Å². The Balaban J connectivity index is 3.06. The molecule has 0 aliphatic heterocycles. The SMILES string of the molecule is CCOP(=O)(Nc1ccccc1NP(=O)(OCC)OCC)OCC. The van der Waals surface area contributed by atoms with E-state index in [1.165, 1.54) is 0 Å². The quantitative estimate of drug-likeness (QED) is 0.496. The van der Waals surface area contributed by atoms with Crippen molar-refractivity contribution in [3.8, 4) is 0 Å². The topological polar surface area (TPSA) is 95.1 Å². The molecule has 0 aliphatic rings. The molecule has 0 unspecified atom stereocenters. The van der Waals surface area contributed by atoms with Crippen LogP contribution in [-0.2, 0) is 27.2 Å². The molecule has 0 saturated carbocycles. The van der Waals surface area contributed by atoms with Gasteiger partial charge in [-0.2, -0.15) is 0 Å². The Bertz CT molecular complexity index is 527. The molecule has 1 aromatic rings. The number of benzene rings is 1. The minimum atomic E-state index is -3.53. The van der Waals surface area contributed by atoms with E-state index in [4.69, 9.17) is 18.1 Å². The number of hydrogen-bond acceptors (Lipinski definition) is 6. The molecular formula is C14H26N2O6P2. The average Bonchev–Trinajstić information content (AvgIpc) is 2.50. The van der Waals surface area contributed by atoms with Crippen LogP contribution in [0.1, 0.15) is 27.7 Å².